The third-order valence-corrected chi connectivity index (χ3v) is 5.33. The van der Waals surface area contributed by atoms with Crippen LogP contribution >= 0.6 is 0 Å². The lowest BCUT2D eigenvalue weighted by atomic mass is 10.1. The fraction of sp³-hybridized carbons (Fsp3) is 0.348. The number of hydrogen-bond acceptors (Lipinski definition) is 4. The molecule has 1 aliphatic rings. The van der Waals surface area contributed by atoms with Crippen LogP contribution in [0.1, 0.15) is 25.7 Å². The second kappa shape index (κ2) is 8.48. The van der Waals surface area contributed by atoms with E-state index in [2.05, 4.69) is 9.88 Å². The van der Waals surface area contributed by atoms with Gasteiger partial charge in [-0.05, 0) is 50.6 Å². The fourth-order valence-electron chi connectivity index (χ4n) is 3.91. The molecule has 0 spiro atoms. The topological polar surface area (TPSA) is 65.6 Å². The van der Waals surface area contributed by atoms with E-state index < -0.39 is 0 Å². The number of aromatic amines is 1. The molecule has 28 heavy (non-hydrogen) atoms. The summed E-state index contributed by atoms with van der Waals surface area (Å²) in [5.41, 5.74) is 1.18. The highest BCUT2D eigenvalue weighted by Crippen LogP contribution is 2.34. The van der Waals surface area contributed by atoms with Crippen LogP contribution in [0.25, 0.3) is 22.0 Å². The molecule has 0 atom stereocenters. The zero-order chi connectivity index (χ0) is 19.3. The first kappa shape index (κ1) is 18.6. The summed E-state index contributed by atoms with van der Waals surface area (Å²) in [5, 5.41) is 11.3. The van der Waals surface area contributed by atoms with Crippen LogP contribution in [0.4, 0.5) is 0 Å². The first-order valence-electron chi connectivity index (χ1n) is 10.0. The van der Waals surface area contributed by atoms with E-state index in [9.17, 15) is 9.90 Å². The molecule has 5 heteroatoms. The van der Waals surface area contributed by atoms with Crippen molar-refractivity contribution in [2.24, 2.45) is 0 Å². The van der Waals surface area contributed by atoms with E-state index >= 15 is 0 Å². The normalized spacial score (nSPS) is 15.0. The van der Waals surface area contributed by atoms with E-state index in [-0.39, 0.29) is 11.3 Å². The summed E-state index contributed by atoms with van der Waals surface area (Å²) in [7, 11) is 0. The Morgan fingerprint density at radius 3 is 2.57 bits per heavy atom. The molecule has 0 unspecified atom stereocenters. The van der Waals surface area contributed by atoms with Crippen molar-refractivity contribution >= 4 is 10.8 Å². The molecule has 0 saturated carbocycles. The first-order chi connectivity index (χ1) is 13.7. The summed E-state index contributed by atoms with van der Waals surface area (Å²) in [6, 6.07) is 14.4. The number of H-pyrrole nitrogens is 1. The quantitative estimate of drug-likeness (QED) is 0.632. The molecule has 2 N–H and O–H groups in total. The summed E-state index contributed by atoms with van der Waals surface area (Å²) in [4.78, 5) is 18.0. The number of rotatable bonds is 6. The SMILES string of the molecule is O=c1[nH]c(-c2cccc(O)c2)c(OCCCN2CCCCC2)c2ccccc12. The van der Waals surface area contributed by atoms with E-state index in [1.165, 1.54) is 32.4 Å². The molecular formula is C23H26N2O3. The van der Waals surface area contributed by atoms with Gasteiger partial charge in [0.25, 0.3) is 5.56 Å². The minimum atomic E-state index is -0.158. The van der Waals surface area contributed by atoms with E-state index in [0.717, 1.165) is 23.9 Å². The monoisotopic (exact) mass is 378 g/mol. The van der Waals surface area contributed by atoms with Crippen LogP contribution in [0.3, 0.4) is 0 Å². The van der Waals surface area contributed by atoms with Gasteiger partial charge in [-0.15, -0.1) is 0 Å². The number of hydrogen-bond donors (Lipinski definition) is 2. The van der Waals surface area contributed by atoms with E-state index in [1.54, 1.807) is 24.3 Å². The maximum Gasteiger partial charge on any atom is 0.256 e. The molecule has 2 heterocycles. The van der Waals surface area contributed by atoms with Gasteiger partial charge in [-0.25, -0.2) is 0 Å². The number of aromatic nitrogens is 1. The second-order valence-corrected chi connectivity index (χ2v) is 7.36. The minimum absolute atomic E-state index is 0.155. The van der Waals surface area contributed by atoms with Crippen molar-refractivity contribution in [1.29, 1.82) is 0 Å². The molecule has 2 aromatic carbocycles. The lowest BCUT2D eigenvalue weighted by Gasteiger charge is -2.26. The van der Waals surface area contributed by atoms with Crippen LogP contribution in [-0.4, -0.2) is 41.2 Å². The standard InChI is InChI=1S/C23H26N2O3/c26-18-9-6-8-17(16-18)21-22(19-10-2-3-11-20(19)23(27)24-21)28-15-7-14-25-12-4-1-5-13-25/h2-3,6,8-11,16,26H,1,4-5,7,12-15H2,(H,24,27). The third-order valence-electron chi connectivity index (χ3n) is 5.33. The minimum Gasteiger partial charge on any atom is -0.508 e. The molecule has 1 aliphatic heterocycles. The van der Waals surface area contributed by atoms with E-state index in [0.29, 0.717) is 23.4 Å². The highest BCUT2D eigenvalue weighted by atomic mass is 16.5. The van der Waals surface area contributed by atoms with Crippen LogP contribution in [-0.2, 0) is 0 Å². The number of pyridine rings is 1. The molecule has 0 bridgehead atoms. The van der Waals surface area contributed by atoms with Crippen molar-refractivity contribution in [3.63, 3.8) is 0 Å². The maximum atomic E-state index is 12.6. The van der Waals surface area contributed by atoms with Gasteiger partial charge in [-0.3, -0.25) is 4.79 Å². The number of phenolic OH excluding ortho intramolecular Hbond substituents is 1. The maximum absolute atomic E-state index is 12.6. The number of ether oxygens (including phenoxy) is 1. The molecule has 0 amide bonds. The highest BCUT2D eigenvalue weighted by molar-refractivity contribution is 5.92. The molecule has 1 fully saturated rings. The summed E-state index contributed by atoms with van der Waals surface area (Å²) in [6.45, 7) is 3.97. The van der Waals surface area contributed by atoms with Crippen molar-refractivity contribution in [3.05, 3.63) is 58.9 Å². The number of phenols is 1. The zero-order valence-electron chi connectivity index (χ0n) is 16.0. The van der Waals surface area contributed by atoms with Gasteiger partial charge in [0, 0.05) is 17.5 Å². The molecule has 1 saturated heterocycles. The predicted molar refractivity (Wildman–Crippen MR) is 112 cm³/mol. The Labute approximate surface area is 164 Å². The zero-order valence-corrected chi connectivity index (χ0v) is 16.0. The van der Waals surface area contributed by atoms with Crippen molar-refractivity contribution in [1.82, 2.24) is 9.88 Å². The van der Waals surface area contributed by atoms with Gasteiger partial charge in [0.15, 0.2) is 5.75 Å². The van der Waals surface area contributed by atoms with Gasteiger partial charge in [0.2, 0.25) is 0 Å². The summed E-state index contributed by atoms with van der Waals surface area (Å²) in [5.74, 6) is 0.821. The molecule has 1 aromatic heterocycles. The van der Waals surface area contributed by atoms with Crippen molar-refractivity contribution in [3.8, 4) is 22.8 Å². The van der Waals surface area contributed by atoms with Gasteiger partial charge in [0.05, 0.1) is 17.7 Å². The van der Waals surface area contributed by atoms with Crippen LogP contribution in [0.5, 0.6) is 11.5 Å². The fourth-order valence-corrected chi connectivity index (χ4v) is 3.91. The number of nitrogens with zero attached hydrogens (tertiary/aromatic N) is 1. The Bertz CT molecular complexity index is 1010. The molecule has 0 radical (unpaired) electrons. The molecule has 146 valence electrons. The Morgan fingerprint density at radius 2 is 1.79 bits per heavy atom. The Balaban J connectivity index is 1.62. The number of likely N-dealkylation sites (tertiary alicyclic amines) is 1. The third kappa shape index (κ3) is 4.04. The number of fused-ring (bicyclic) bond motifs is 1. The molecular weight excluding hydrogens is 352 g/mol. The van der Waals surface area contributed by atoms with Gasteiger partial charge < -0.3 is 19.7 Å². The van der Waals surface area contributed by atoms with Crippen LogP contribution in [0, 0.1) is 0 Å². The molecule has 3 aromatic rings. The first-order valence-corrected chi connectivity index (χ1v) is 10.0. The summed E-state index contributed by atoms with van der Waals surface area (Å²) >= 11 is 0. The Morgan fingerprint density at radius 1 is 1.00 bits per heavy atom. The van der Waals surface area contributed by atoms with E-state index in [4.69, 9.17) is 4.74 Å². The summed E-state index contributed by atoms with van der Waals surface area (Å²) in [6.07, 6.45) is 4.84. The Kier molecular flexibility index (Phi) is 5.63. The van der Waals surface area contributed by atoms with Crippen molar-refractivity contribution in [2.45, 2.75) is 25.7 Å². The van der Waals surface area contributed by atoms with Gasteiger partial charge in [-0.1, -0.05) is 36.8 Å². The summed E-state index contributed by atoms with van der Waals surface area (Å²) < 4.78 is 6.21. The lowest BCUT2D eigenvalue weighted by molar-refractivity contribution is 0.205. The largest absolute Gasteiger partial charge is 0.508 e. The van der Waals surface area contributed by atoms with Gasteiger partial charge in [-0.2, -0.15) is 0 Å². The van der Waals surface area contributed by atoms with Gasteiger partial charge >= 0.3 is 0 Å². The molecule has 5 nitrogen and oxygen atoms in total. The number of aromatic hydroxyl groups is 1. The van der Waals surface area contributed by atoms with Crippen molar-refractivity contribution in [2.75, 3.05) is 26.2 Å². The van der Waals surface area contributed by atoms with Crippen LogP contribution < -0.4 is 10.3 Å². The second-order valence-electron chi connectivity index (χ2n) is 7.36. The average Bonchev–Trinajstić information content (AvgIpc) is 2.73. The highest BCUT2D eigenvalue weighted by Gasteiger charge is 2.15. The van der Waals surface area contributed by atoms with Crippen LogP contribution in [0.2, 0.25) is 0 Å². The van der Waals surface area contributed by atoms with Crippen molar-refractivity contribution < 1.29 is 9.84 Å². The predicted octanol–water partition coefficient (Wildman–Crippen LogP) is 4.16. The number of nitrogens with one attached hydrogen (secondary N) is 1. The number of piperidine rings is 1. The average molecular weight is 378 g/mol. The molecule has 4 rings (SSSR count). The molecule has 0 aliphatic carbocycles. The van der Waals surface area contributed by atoms with Crippen LogP contribution in [0.15, 0.2) is 53.3 Å². The van der Waals surface area contributed by atoms with E-state index in [1.807, 2.05) is 24.3 Å². The lowest BCUT2D eigenvalue weighted by Crippen LogP contribution is -2.31. The van der Waals surface area contributed by atoms with Gasteiger partial charge in [0.1, 0.15) is 5.75 Å². The smallest absolute Gasteiger partial charge is 0.256 e. The Hall–Kier alpha value is -2.79. The number of benzene rings is 2.